The average Bonchev–Trinajstić information content (AvgIpc) is 2.14. The van der Waals surface area contributed by atoms with Crippen LogP contribution < -0.4 is 0 Å². The summed E-state index contributed by atoms with van der Waals surface area (Å²) in [6.45, 7) is 1.63. The van der Waals surface area contributed by atoms with E-state index in [0.717, 1.165) is 0 Å². The maximum absolute atomic E-state index is 9.09. The largest absolute Gasteiger partial charge is 0.391 e. The van der Waals surface area contributed by atoms with Crippen molar-refractivity contribution in [3.8, 4) is 0 Å². The van der Waals surface area contributed by atoms with E-state index in [9.17, 15) is 0 Å². The third-order valence-electron chi connectivity index (χ3n) is 1.67. The molecule has 4 atom stereocenters. The van der Waals surface area contributed by atoms with Gasteiger partial charge in [0.05, 0.1) is 12.7 Å². The molecule has 0 radical (unpaired) electrons. The van der Waals surface area contributed by atoms with Crippen LogP contribution in [0, 0.1) is 0 Å². The fourth-order valence-corrected chi connectivity index (χ4v) is 1.05. The van der Waals surface area contributed by atoms with E-state index in [2.05, 4.69) is 0 Å². The van der Waals surface area contributed by atoms with Gasteiger partial charge < -0.3 is 20.1 Å². The topological polar surface area (TPSA) is 69.9 Å². The first-order valence-corrected chi connectivity index (χ1v) is 3.28. The molecule has 1 heterocycles. The van der Waals surface area contributed by atoms with Crippen LogP contribution in [-0.4, -0.2) is 46.3 Å². The Balaban J connectivity index is 2.49. The molecule has 3 N–H and O–H groups in total. The van der Waals surface area contributed by atoms with Crippen LogP contribution >= 0.6 is 0 Å². The van der Waals surface area contributed by atoms with E-state index >= 15 is 0 Å². The van der Waals surface area contributed by atoms with Crippen molar-refractivity contribution in [1.29, 1.82) is 0 Å². The minimum Gasteiger partial charge on any atom is -0.391 e. The standard InChI is InChI=1S/C6H12O4/c1-3(7)6-5(9)4(8)2-10-6/h3-9H,2H2,1H3/t3?,4-,5+,6-/m1/s1. The lowest BCUT2D eigenvalue weighted by Crippen LogP contribution is -2.36. The predicted octanol–water partition coefficient (Wildman–Crippen LogP) is -1.51. The fourth-order valence-electron chi connectivity index (χ4n) is 1.05. The Labute approximate surface area is 59.1 Å². The third kappa shape index (κ3) is 1.29. The molecule has 1 fully saturated rings. The molecule has 1 aliphatic heterocycles. The van der Waals surface area contributed by atoms with Crippen molar-refractivity contribution in [1.82, 2.24) is 0 Å². The van der Waals surface area contributed by atoms with E-state index in [-0.39, 0.29) is 6.61 Å². The molecular formula is C6H12O4. The van der Waals surface area contributed by atoms with Crippen LogP contribution in [0.25, 0.3) is 0 Å². The van der Waals surface area contributed by atoms with Gasteiger partial charge in [-0.1, -0.05) is 0 Å². The molecule has 1 saturated heterocycles. The molecule has 60 valence electrons. The van der Waals surface area contributed by atoms with Gasteiger partial charge in [0.15, 0.2) is 0 Å². The highest BCUT2D eigenvalue weighted by Crippen LogP contribution is 2.16. The third-order valence-corrected chi connectivity index (χ3v) is 1.67. The first-order valence-electron chi connectivity index (χ1n) is 3.28. The molecule has 0 aromatic rings. The van der Waals surface area contributed by atoms with Gasteiger partial charge >= 0.3 is 0 Å². The molecule has 4 heteroatoms. The summed E-state index contributed by atoms with van der Waals surface area (Å²) < 4.78 is 4.89. The predicted molar refractivity (Wildman–Crippen MR) is 33.4 cm³/mol. The molecule has 0 aromatic heterocycles. The van der Waals surface area contributed by atoms with E-state index < -0.39 is 24.4 Å². The summed E-state index contributed by atoms with van der Waals surface area (Å²) in [6, 6.07) is 0. The van der Waals surface area contributed by atoms with Crippen LogP contribution in [0.4, 0.5) is 0 Å². The summed E-state index contributed by atoms with van der Waals surface area (Å²) in [5, 5.41) is 27.0. The monoisotopic (exact) mass is 148 g/mol. The van der Waals surface area contributed by atoms with Gasteiger partial charge in [-0.2, -0.15) is 0 Å². The Morgan fingerprint density at radius 1 is 1.50 bits per heavy atom. The highest BCUT2D eigenvalue weighted by Gasteiger charge is 2.37. The Kier molecular flexibility index (Phi) is 2.25. The number of ether oxygens (including phenoxy) is 1. The second kappa shape index (κ2) is 2.84. The molecular weight excluding hydrogens is 136 g/mol. The van der Waals surface area contributed by atoms with Crippen molar-refractivity contribution in [2.45, 2.75) is 31.3 Å². The lowest BCUT2D eigenvalue weighted by Gasteiger charge is -2.16. The highest BCUT2D eigenvalue weighted by atomic mass is 16.5. The van der Waals surface area contributed by atoms with Crippen LogP contribution in [0.2, 0.25) is 0 Å². The Hall–Kier alpha value is -0.160. The molecule has 4 nitrogen and oxygen atoms in total. The van der Waals surface area contributed by atoms with Gasteiger partial charge in [0, 0.05) is 0 Å². The second-order valence-corrected chi connectivity index (χ2v) is 2.60. The normalized spacial score (nSPS) is 43.8. The fraction of sp³-hybridized carbons (Fsp3) is 1.00. The van der Waals surface area contributed by atoms with Crippen LogP contribution in [0.3, 0.4) is 0 Å². The number of hydrogen-bond acceptors (Lipinski definition) is 4. The summed E-state index contributed by atoms with van der Waals surface area (Å²) in [6.07, 6.45) is -3.15. The van der Waals surface area contributed by atoms with E-state index in [1.807, 2.05) is 0 Å². The Bertz CT molecular complexity index is 114. The number of aliphatic hydroxyl groups excluding tert-OH is 3. The lowest BCUT2D eigenvalue weighted by molar-refractivity contribution is -0.0429. The maximum Gasteiger partial charge on any atom is 0.112 e. The van der Waals surface area contributed by atoms with E-state index in [4.69, 9.17) is 20.1 Å². The van der Waals surface area contributed by atoms with Gasteiger partial charge in [0.25, 0.3) is 0 Å². The zero-order valence-corrected chi connectivity index (χ0v) is 5.77. The maximum atomic E-state index is 9.09. The average molecular weight is 148 g/mol. The van der Waals surface area contributed by atoms with Crippen molar-refractivity contribution in [2.24, 2.45) is 0 Å². The zero-order valence-electron chi connectivity index (χ0n) is 5.77. The van der Waals surface area contributed by atoms with Gasteiger partial charge in [-0.15, -0.1) is 0 Å². The van der Waals surface area contributed by atoms with E-state index in [0.29, 0.717) is 0 Å². The van der Waals surface area contributed by atoms with Crippen molar-refractivity contribution in [3.63, 3.8) is 0 Å². The zero-order chi connectivity index (χ0) is 7.72. The highest BCUT2D eigenvalue weighted by molar-refractivity contribution is 4.85. The van der Waals surface area contributed by atoms with Gasteiger partial charge in [-0.25, -0.2) is 0 Å². The van der Waals surface area contributed by atoms with Gasteiger partial charge in [-0.3, -0.25) is 0 Å². The van der Waals surface area contributed by atoms with Gasteiger partial charge in [0.2, 0.25) is 0 Å². The Morgan fingerprint density at radius 3 is 2.30 bits per heavy atom. The van der Waals surface area contributed by atoms with E-state index in [1.165, 1.54) is 6.92 Å². The minimum absolute atomic E-state index is 0.108. The van der Waals surface area contributed by atoms with Crippen molar-refractivity contribution in [3.05, 3.63) is 0 Å². The number of rotatable bonds is 1. The molecule has 0 aliphatic carbocycles. The lowest BCUT2D eigenvalue weighted by atomic mass is 10.1. The summed E-state index contributed by atoms with van der Waals surface area (Å²) in [7, 11) is 0. The molecule has 1 aliphatic rings. The van der Waals surface area contributed by atoms with Crippen LogP contribution in [0.5, 0.6) is 0 Å². The number of hydrogen-bond donors (Lipinski definition) is 3. The van der Waals surface area contributed by atoms with Gasteiger partial charge in [0.1, 0.15) is 18.3 Å². The summed E-state index contributed by atoms with van der Waals surface area (Å²) >= 11 is 0. The molecule has 1 rings (SSSR count). The Morgan fingerprint density at radius 2 is 2.10 bits per heavy atom. The second-order valence-electron chi connectivity index (χ2n) is 2.60. The first kappa shape index (κ1) is 7.94. The summed E-state index contributed by atoms with van der Waals surface area (Å²) in [5.74, 6) is 0. The molecule has 0 spiro atoms. The molecule has 10 heavy (non-hydrogen) atoms. The SMILES string of the molecule is CC(O)[C@H]1OC[C@@H](O)[C@@H]1O. The van der Waals surface area contributed by atoms with Gasteiger partial charge in [-0.05, 0) is 6.92 Å². The molecule has 0 aromatic carbocycles. The summed E-state index contributed by atoms with van der Waals surface area (Å²) in [5.41, 5.74) is 0. The molecule has 0 bridgehead atoms. The quantitative estimate of drug-likeness (QED) is 0.422. The molecule has 0 saturated carbocycles. The van der Waals surface area contributed by atoms with Crippen LogP contribution in [-0.2, 0) is 4.74 Å². The molecule has 1 unspecified atom stereocenters. The van der Waals surface area contributed by atoms with Crippen molar-refractivity contribution in [2.75, 3.05) is 6.61 Å². The number of aliphatic hydroxyl groups is 3. The van der Waals surface area contributed by atoms with Crippen molar-refractivity contribution >= 4 is 0 Å². The first-order chi connectivity index (χ1) is 4.63. The molecule has 0 amide bonds. The summed E-state index contributed by atoms with van der Waals surface area (Å²) in [4.78, 5) is 0. The van der Waals surface area contributed by atoms with Crippen LogP contribution in [0.15, 0.2) is 0 Å². The van der Waals surface area contributed by atoms with Crippen molar-refractivity contribution < 1.29 is 20.1 Å². The minimum atomic E-state index is -0.944. The van der Waals surface area contributed by atoms with Crippen LogP contribution in [0.1, 0.15) is 6.92 Å². The smallest absolute Gasteiger partial charge is 0.112 e. The van der Waals surface area contributed by atoms with E-state index in [1.54, 1.807) is 0 Å².